The summed E-state index contributed by atoms with van der Waals surface area (Å²) < 4.78 is 56.9. The van der Waals surface area contributed by atoms with Gasteiger partial charge in [0.25, 0.3) is 5.91 Å². The van der Waals surface area contributed by atoms with Crippen molar-refractivity contribution >= 4 is 17.8 Å². The van der Waals surface area contributed by atoms with E-state index in [0.29, 0.717) is 54.9 Å². The van der Waals surface area contributed by atoms with Gasteiger partial charge in [-0.25, -0.2) is 4.39 Å². The highest BCUT2D eigenvalue weighted by Crippen LogP contribution is 2.30. The molecule has 0 radical (unpaired) electrons. The summed E-state index contributed by atoms with van der Waals surface area (Å²) in [7, 11) is 0. The highest BCUT2D eigenvalue weighted by molar-refractivity contribution is 5.96. The molecule has 4 aromatic carbocycles. The molecule has 0 heterocycles. The predicted molar refractivity (Wildman–Crippen MR) is 189 cm³/mol. The Morgan fingerprint density at radius 1 is 0.692 bits per heavy atom. The van der Waals surface area contributed by atoms with E-state index in [1.807, 2.05) is 12.1 Å². The van der Waals surface area contributed by atoms with Gasteiger partial charge in [0.05, 0.1) is 13.2 Å². The van der Waals surface area contributed by atoms with Crippen molar-refractivity contribution in [3.8, 4) is 28.4 Å². The Labute approximate surface area is 300 Å². The van der Waals surface area contributed by atoms with Gasteiger partial charge < -0.3 is 29.7 Å². The van der Waals surface area contributed by atoms with E-state index < -0.39 is 30.3 Å². The summed E-state index contributed by atoms with van der Waals surface area (Å²) in [6.45, 7) is -2.53. The van der Waals surface area contributed by atoms with Crippen molar-refractivity contribution in [2.24, 2.45) is 0 Å². The zero-order valence-electron chi connectivity index (χ0n) is 28.6. The number of ether oxygens (including phenoxy) is 3. The summed E-state index contributed by atoms with van der Waals surface area (Å²) in [6.07, 6.45) is 4.53. The van der Waals surface area contributed by atoms with Crippen LogP contribution in [-0.4, -0.2) is 47.9 Å². The third-order valence-electron chi connectivity index (χ3n) is 8.20. The van der Waals surface area contributed by atoms with Crippen molar-refractivity contribution in [1.82, 2.24) is 5.32 Å². The first-order valence-electron chi connectivity index (χ1n) is 17.1. The van der Waals surface area contributed by atoms with Gasteiger partial charge in [-0.3, -0.25) is 14.4 Å². The minimum atomic E-state index is -3.02. The summed E-state index contributed by atoms with van der Waals surface area (Å²) in [4.78, 5) is 35.4. The predicted octanol–water partition coefficient (Wildman–Crippen LogP) is 8.47. The van der Waals surface area contributed by atoms with Gasteiger partial charge in [-0.1, -0.05) is 61.4 Å². The third-order valence-corrected chi connectivity index (χ3v) is 8.20. The van der Waals surface area contributed by atoms with Crippen LogP contribution in [0.25, 0.3) is 11.1 Å². The minimum Gasteiger partial charge on any atom is -0.494 e. The molecular formula is C40H42F3NO8. The molecule has 1 amide bonds. The third kappa shape index (κ3) is 12.7. The lowest BCUT2D eigenvalue weighted by molar-refractivity contribution is -0.138. The molecule has 0 bridgehead atoms. The quantitative estimate of drug-likeness (QED) is 0.0689. The molecule has 9 nitrogen and oxygen atoms in total. The van der Waals surface area contributed by atoms with Gasteiger partial charge in [0.1, 0.15) is 23.1 Å². The number of benzene rings is 4. The van der Waals surface area contributed by atoms with Crippen LogP contribution in [0.15, 0.2) is 84.9 Å². The molecule has 12 heteroatoms. The summed E-state index contributed by atoms with van der Waals surface area (Å²) in [5.41, 5.74) is 3.11. The second-order valence-electron chi connectivity index (χ2n) is 12.0. The first-order chi connectivity index (χ1) is 25.1. The number of hydrogen-bond donors (Lipinski definition) is 3. The molecule has 276 valence electrons. The highest BCUT2D eigenvalue weighted by atomic mass is 19.3. The summed E-state index contributed by atoms with van der Waals surface area (Å²) >= 11 is 0. The molecule has 0 aliphatic heterocycles. The van der Waals surface area contributed by atoms with Crippen molar-refractivity contribution in [1.29, 1.82) is 0 Å². The first-order valence-corrected chi connectivity index (χ1v) is 17.1. The largest absolute Gasteiger partial charge is 0.494 e. The van der Waals surface area contributed by atoms with Gasteiger partial charge in [0.2, 0.25) is 0 Å². The number of carbonyl (C=O) groups excluding carboxylic acids is 1. The van der Waals surface area contributed by atoms with E-state index in [4.69, 9.17) is 14.6 Å². The number of unbranched alkanes of at least 4 members (excludes halogenated alkanes) is 3. The van der Waals surface area contributed by atoms with E-state index in [1.165, 1.54) is 12.1 Å². The molecule has 0 atom stereocenters. The fraction of sp³-hybridized carbons (Fsp3) is 0.325. The Balaban J connectivity index is 1.34. The topological polar surface area (TPSA) is 131 Å². The summed E-state index contributed by atoms with van der Waals surface area (Å²) in [5, 5.41) is 20.9. The number of rotatable bonds is 22. The van der Waals surface area contributed by atoms with Crippen LogP contribution in [0.4, 0.5) is 13.2 Å². The number of nitrogens with one attached hydrogen (secondary N) is 1. The van der Waals surface area contributed by atoms with E-state index in [2.05, 4.69) is 10.1 Å². The molecule has 0 aliphatic carbocycles. The number of aryl methyl sites for hydroxylation is 1. The Kier molecular flexibility index (Phi) is 15.4. The van der Waals surface area contributed by atoms with Gasteiger partial charge >= 0.3 is 18.6 Å². The Morgan fingerprint density at radius 2 is 1.38 bits per heavy atom. The fourth-order valence-electron chi connectivity index (χ4n) is 5.67. The van der Waals surface area contributed by atoms with Crippen molar-refractivity contribution in [2.75, 3.05) is 13.2 Å². The van der Waals surface area contributed by atoms with E-state index in [9.17, 15) is 32.7 Å². The van der Waals surface area contributed by atoms with Crippen molar-refractivity contribution < 1.29 is 52.0 Å². The smallest absolute Gasteiger partial charge is 0.387 e. The highest BCUT2D eigenvalue weighted by Gasteiger charge is 2.16. The minimum absolute atomic E-state index is 0.0136. The summed E-state index contributed by atoms with van der Waals surface area (Å²) in [6, 6.07) is 22.7. The number of alkyl halides is 2. The van der Waals surface area contributed by atoms with Crippen LogP contribution in [0.3, 0.4) is 0 Å². The average Bonchev–Trinajstić information content (AvgIpc) is 3.11. The number of hydrogen-bond acceptors (Lipinski definition) is 6. The maximum atomic E-state index is 14.8. The van der Waals surface area contributed by atoms with Crippen LogP contribution in [0.1, 0.15) is 72.0 Å². The van der Waals surface area contributed by atoms with Gasteiger partial charge in [-0.05, 0) is 85.2 Å². The van der Waals surface area contributed by atoms with Gasteiger partial charge in [-0.15, -0.1) is 0 Å². The standard InChI is InChI=1S/C40H42F3NO8/c41-34-15-6-5-14-32(34)29-23-30(39(49)44-26-28-12-4-7-16-35(28)52-40(42)43)25-31(24-29)50-21-8-2-1-3-11-27-13-9-17-36(33(27)19-20-38(47)48)51-22-10-18-37(45)46/h4-7,9,12-17,23-25,40H,1-3,8,10-11,18-22,26H2,(H,44,49)(H,45,46)(H,47,48). The van der Waals surface area contributed by atoms with Crippen LogP contribution in [0.5, 0.6) is 17.2 Å². The number of carbonyl (C=O) groups is 3. The lowest BCUT2D eigenvalue weighted by Crippen LogP contribution is -2.23. The molecule has 0 aliphatic rings. The SMILES string of the molecule is O=C(O)CCCOc1cccc(CCCCCCOc2cc(C(=O)NCc3ccccc3OC(F)F)cc(-c3ccccc3F)c2)c1CCC(=O)O. The van der Waals surface area contributed by atoms with Crippen LogP contribution in [0, 0.1) is 5.82 Å². The number of aliphatic carboxylic acids is 2. The van der Waals surface area contributed by atoms with Crippen LogP contribution >= 0.6 is 0 Å². The second kappa shape index (κ2) is 20.4. The van der Waals surface area contributed by atoms with Crippen LogP contribution < -0.4 is 19.5 Å². The number of carboxylic acids is 2. The zero-order chi connectivity index (χ0) is 37.3. The van der Waals surface area contributed by atoms with E-state index in [0.717, 1.165) is 30.4 Å². The molecule has 0 fully saturated rings. The van der Waals surface area contributed by atoms with E-state index in [-0.39, 0.29) is 42.9 Å². The van der Waals surface area contributed by atoms with Crippen LogP contribution in [-0.2, 0) is 29.0 Å². The Morgan fingerprint density at radius 3 is 2.15 bits per heavy atom. The molecule has 0 aromatic heterocycles. The molecule has 3 N–H and O–H groups in total. The van der Waals surface area contributed by atoms with E-state index >= 15 is 0 Å². The zero-order valence-corrected chi connectivity index (χ0v) is 28.6. The maximum Gasteiger partial charge on any atom is 0.387 e. The molecule has 0 spiro atoms. The number of amides is 1. The Bertz CT molecular complexity index is 1800. The lowest BCUT2D eigenvalue weighted by atomic mass is 9.97. The van der Waals surface area contributed by atoms with Crippen LogP contribution in [0.2, 0.25) is 0 Å². The molecule has 4 aromatic rings. The molecular weight excluding hydrogens is 679 g/mol. The molecule has 0 saturated heterocycles. The maximum absolute atomic E-state index is 14.8. The van der Waals surface area contributed by atoms with Crippen molar-refractivity contribution in [3.05, 3.63) is 113 Å². The lowest BCUT2D eigenvalue weighted by Gasteiger charge is -2.15. The molecule has 4 rings (SSSR count). The van der Waals surface area contributed by atoms with Gasteiger partial charge in [0, 0.05) is 36.1 Å². The molecule has 0 unspecified atom stereocenters. The number of carboxylic acid groups (broad SMARTS) is 2. The van der Waals surface area contributed by atoms with Crippen molar-refractivity contribution in [2.45, 2.75) is 70.9 Å². The van der Waals surface area contributed by atoms with Gasteiger partial charge in [-0.2, -0.15) is 8.78 Å². The number of para-hydroxylation sites is 1. The van der Waals surface area contributed by atoms with Gasteiger partial charge in [0.15, 0.2) is 0 Å². The Hall–Kier alpha value is -5.52. The van der Waals surface area contributed by atoms with E-state index in [1.54, 1.807) is 60.7 Å². The monoisotopic (exact) mass is 721 g/mol. The average molecular weight is 722 g/mol. The normalized spacial score (nSPS) is 10.9. The van der Waals surface area contributed by atoms with Crippen molar-refractivity contribution in [3.63, 3.8) is 0 Å². The molecule has 52 heavy (non-hydrogen) atoms. The second-order valence-corrected chi connectivity index (χ2v) is 12.0. The first kappa shape index (κ1) is 39.3. The fourth-order valence-corrected chi connectivity index (χ4v) is 5.67. The number of halogens is 3. The summed E-state index contributed by atoms with van der Waals surface area (Å²) in [5.74, 6) is -1.89. The molecule has 0 saturated carbocycles.